The maximum Gasteiger partial charge on any atom is 0.338 e. The van der Waals surface area contributed by atoms with Gasteiger partial charge in [-0.05, 0) is 23.8 Å². The zero-order valence-corrected chi connectivity index (χ0v) is 11.9. The molecule has 0 spiro atoms. The molecule has 2 rings (SSSR count). The highest BCUT2D eigenvalue weighted by Gasteiger charge is 2.43. The van der Waals surface area contributed by atoms with Crippen LogP contribution in [-0.4, -0.2) is 73.9 Å². The molecular weight excluding hydrogens is 312 g/mol. The highest BCUT2D eigenvalue weighted by molar-refractivity contribution is 5.91. The van der Waals surface area contributed by atoms with Gasteiger partial charge in [0.15, 0.2) is 6.29 Å². The number of phenolic OH excluding ortho intramolecular Hbond substituents is 1. The van der Waals surface area contributed by atoms with Gasteiger partial charge in [0.1, 0.15) is 36.8 Å². The molecule has 0 bridgehead atoms. The molecule has 6 N–H and O–H groups in total. The molecule has 0 unspecified atom stereocenters. The van der Waals surface area contributed by atoms with Crippen molar-refractivity contribution >= 4 is 5.97 Å². The number of carbonyl (C=O) groups is 1. The average Bonchev–Trinajstić information content (AvgIpc) is 2.54. The lowest BCUT2D eigenvalue weighted by atomic mass is 9.99. The van der Waals surface area contributed by atoms with E-state index in [2.05, 4.69) is 0 Å². The molecule has 1 fully saturated rings. The number of phenols is 1. The van der Waals surface area contributed by atoms with E-state index in [0.29, 0.717) is 0 Å². The second kappa shape index (κ2) is 7.21. The molecule has 1 aromatic carbocycles. The van der Waals surface area contributed by atoms with Gasteiger partial charge in [0, 0.05) is 0 Å². The monoisotopic (exact) mass is 330 g/mol. The Morgan fingerprint density at radius 3 is 2.48 bits per heavy atom. The largest absolute Gasteiger partial charge is 0.508 e. The van der Waals surface area contributed by atoms with Crippen molar-refractivity contribution in [2.75, 3.05) is 6.61 Å². The molecule has 5 atom stereocenters. The molecule has 9 nitrogen and oxygen atoms in total. The lowest BCUT2D eigenvalue weighted by molar-refractivity contribution is -0.286. The van der Waals surface area contributed by atoms with Crippen LogP contribution < -0.4 is 0 Å². The molecule has 1 heterocycles. The second-order valence-electron chi connectivity index (χ2n) is 5.13. The highest BCUT2D eigenvalue weighted by Crippen LogP contribution is 2.21. The number of esters is 1. The van der Waals surface area contributed by atoms with E-state index in [4.69, 9.17) is 9.47 Å². The van der Waals surface area contributed by atoms with Crippen LogP contribution in [0, 0.1) is 0 Å². The van der Waals surface area contributed by atoms with E-state index in [-0.39, 0.29) is 16.9 Å². The summed E-state index contributed by atoms with van der Waals surface area (Å²) >= 11 is 0. The summed E-state index contributed by atoms with van der Waals surface area (Å²) in [4.78, 5) is 12.0. The number of hydrogen-bond acceptors (Lipinski definition) is 9. The lowest BCUT2D eigenvalue weighted by Crippen LogP contribution is -2.58. The summed E-state index contributed by atoms with van der Waals surface area (Å²) in [5, 5.41) is 56.5. The summed E-state index contributed by atoms with van der Waals surface area (Å²) < 4.78 is 9.80. The van der Waals surface area contributed by atoms with Crippen molar-refractivity contribution in [3.63, 3.8) is 0 Å². The predicted molar refractivity (Wildman–Crippen MR) is 73.2 cm³/mol. The van der Waals surface area contributed by atoms with E-state index in [1.165, 1.54) is 18.2 Å². The Balaban J connectivity index is 2.02. The predicted octanol–water partition coefficient (Wildman–Crippen LogP) is -2.16. The molecule has 1 saturated heterocycles. The molecule has 0 radical (unpaired) electrons. The number of hydrogen-bond donors (Lipinski definition) is 6. The van der Waals surface area contributed by atoms with Gasteiger partial charge in [-0.1, -0.05) is 0 Å². The maximum atomic E-state index is 12.0. The minimum Gasteiger partial charge on any atom is -0.508 e. The standard InChI is InChI=1S/C14H18O9/c15-4-6-3-7(16)1-2-8(6)13(20)22-5-9-10(17)11(18)12(19)14(21)23-9/h1-3,9-12,14-19,21H,4-5H2/t9-,10-,11+,12-,14-/m1/s1. The number of benzene rings is 1. The Bertz CT molecular complexity index is 561. The lowest BCUT2D eigenvalue weighted by Gasteiger charge is -2.37. The van der Waals surface area contributed by atoms with Crippen molar-refractivity contribution < 1.29 is 44.9 Å². The van der Waals surface area contributed by atoms with Crippen molar-refractivity contribution in [3.8, 4) is 5.75 Å². The van der Waals surface area contributed by atoms with E-state index < -0.39 is 49.9 Å². The first-order valence-electron chi connectivity index (χ1n) is 6.82. The highest BCUT2D eigenvalue weighted by atomic mass is 16.6. The van der Waals surface area contributed by atoms with Gasteiger partial charge in [-0.2, -0.15) is 0 Å². The third-order valence-electron chi connectivity index (χ3n) is 3.54. The molecule has 1 aliphatic heterocycles. The molecule has 23 heavy (non-hydrogen) atoms. The number of rotatable bonds is 4. The molecule has 128 valence electrons. The fraction of sp³-hybridized carbons (Fsp3) is 0.500. The minimum atomic E-state index is -1.72. The van der Waals surface area contributed by atoms with Crippen LogP contribution in [0.25, 0.3) is 0 Å². The third kappa shape index (κ3) is 3.78. The fourth-order valence-corrected chi connectivity index (χ4v) is 2.21. The second-order valence-corrected chi connectivity index (χ2v) is 5.13. The van der Waals surface area contributed by atoms with Gasteiger partial charge in [0.05, 0.1) is 12.2 Å². The summed E-state index contributed by atoms with van der Waals surface area (Å²) in [6, 6.07) is 3.70. The Kier molecular flexibility index (Phi) is 5.52. The minimum absolute atomic E-state index is 0.0109. The average molecular weight is 330 g/mol. The summed E-state index contributed by atoms with van der Waals surface area (Å²) in [6.07, 6.45) is -7.83. The summed E-state index contributed by atoms with van der Waals surface area (Å²) in [6.45, 7) is -0.988. The Hall–Kier alpha value is -1.75. The van der Waals surface area contributed by atoms with Crippen LogP contribution >= 0.6 is 0 Å². The number of aromatic hydroxyl groups is 1. The quantitative estimate of drug-likeness (QED) is 0.338. The summed E-state index contributed by atoms with van der Waals surface area (Å²) in [7, 11) is 0. The van der Waals surface area contributed by atoms with Crippen LogP contribution in [0.5, 0.6) is 5.75 Å². The van der Waals surface area contributed by atoms with Gasteiger partial charge in [0.2, 0.25) is 0 Å². The van der Waals surface area contributed by atoms with Crippen molar-refractivity contribution in [3.05, 3.63) is 29.3 Å². The van der Waals surface area contributed by atoms with Crippen LogP contribution in [0.4, 0.5) is 0 Å². The van der Waals surface area contributed by atoms with Crippen LogP contribution in [-0.2, 0) is 16.1 Å². The van der Waals surface area contributed by atoms with Crippen molar-refractivity contribution in [2.45, 2.75) is 37.3 Å². The van der Waals surface area contributed by atoms with Crippen molar-refractivity contribution in [2.24, 2.45) is 0 Å². The van der Waals surface area contributed by atoms with Gasteiger partial charge in [-0.25, -0.2) is 4.79 Å². The molecule has 0 amide bonds. The summed E-state index contributed by atoms with van der Waals surface area (Å²) in [5.41, 5.74) is 0.160. The topological polar surface area (TPSA) is 157 Å². The van der Waals surface area contributed by atoms with E-state index in [9.17, 15) is 35.4 Å². The van der Waals surface area contributed by atoms with E-state index in [1.54, 1.807) is 0 Å². The number of aliphatic hydroxyl groups is 5. The maximum absolute atomic E-state index is 12.0. The van der Waals surface area contributed by atoms with Crippen LogP contribution in [0.1, 0.15) is 15.9 Å². The zero-order valence-electron chi connectivity index (χ0n) is 11.9. The van der Waals surface area contributed by atoms with E-state index in [0.717, 1.165) is 0 Å². The first kappa shape index (κ1) is 17.6. The van der Waals surface area contributed by atoms with Crippen LogP contribution in [0.3, 0.4) is 0 Å². The van der Waals surface area contributed by atoms with Crippen LogP contribution in [0.2, 0.25) is 0 Å². The molecule has 0 saturated carbocycles. The number of aliphatic hydroxyl groups excluding tert-OH is 5. The molecule has 1 aromatic rings. The first-order valence-corrected chi connectivity index (χ1v) is 6.82. The van der Waals surface area contributed by atoms with Gasteiger partial charge in [0.25, 0.3) is 0 Å². The zero-order chi connectivity index (χ0) is 17.1. The first-order chi connectivity index (χ1) is 10.8. The Labute approximate surface area is 130 Å². The van der Waals surface area contributed by atoms with Gasteiger partial charge < -0.3 is 40.1 Å². The fourth-order valence-electron chi connectivity index (χ4n) is 2.21. The summed E-state index contributed by atoms with van der Waals surface area (Å²) in [5.74, 6) is -0.975. The Morgan fingerprint density at radius 1 is 1.13 bits per heavy atom. The SMILES string of the molecule is O=C(OC[C@H]1O[C@@H](O)[C@H](O)[C@@H](O)[C@@H]1O)c1ccc(O)cc1CO. The van der Waals surface area contributed by atoms with Crippen LogP contribution in [0.15, 0.2) is 18.2 Å². The van der Waals surface area contributed by atoms with Crippen molar-refractivity contribution in [1.82, 2.24) is 0 Å². The van der Waals surface area contributed by atoms with Gasteiger partial charge in [-0.3, -0.25) is 0 Å². The van der Waals surface area contributed by atoms with Crippen molar-refractivity contribution in [1.29, 1.82) is 0 Å². The smallest absolute Gasteiger partial charge is 0.338 e. The Morgan fingerprint density at radius 2 is 1.83 bits per heavy atom. The molecule has 9 heteroatoms. The molecular formula is C14H18O9. The number of ether oxygens (including phenoxy) is 2. The molecule has 0 aromatic heterocycles. The van der Waals surface area contributed by atoms with E-state index in [1.807, 2.05) is 0 Å². The van der Waals surface area contributed by atoms with Gasteiger partial charge >= 0.3 is 5.97 Å². The molecule has 1 aliphatic rings. The van der Waals surface area contributed by atoms with E-state index >= 15 is 0 Å². The molecule has 0 aliphatic carbocycles. The third-order valence-corrected chi connectivity index (χ3v) is 3.54. The normalized spacial score (nSPS) is 30.9. The van der Waals surface area contributed by atoms with Gasteiger partial charge in [-0.15, -0.1) is 0 Å². The number of carbonyl (C=O) groups excluding carboxylic acids is 1.